The third-order valence-electron chi connectivity index (χ3n) is 7.64. The summed E-state index contributed by atoms with van der Waals surface area (Å²) >= 11 is 0. The molecule has 2 saturated heterocycles. The summed E-state index contributed by atoms with van der Waals surface area (Å²) in [5, 5.41) is 14.7. The van der Waals surface area contributed by atoms with Crippen LogP contribution in [0.2, 0.25) is 0 Å². The van der Waals surface area contributed by atoms with Gasteiger partial charge in [-0.25, -0.2) is 18.2 Å². The molecule has 2 aliphatic heterocycles. The van der Waals surface area contributed by atoms with E-state index in [1.165, 1.54) is 11.1 Å². The fourth-order valence-corrected chi connectivity index (χ4v) is 5.65. The lowest BCUT2D eigenvalue weighted by atomic mass is 9.83. The molecule has 0 bridgehead atoms. The van der Waals surface area contributed by atoms with Crippen molar-refractivity contribution in [2.75, 3.05) is 26.2 Å². The van der Waals surface area contributed by atoms with Crippen molar-refractivity contribution in [2.24, 2.45) is 0 Å². The molecule has 2 fully saturated rings. The highest BCUT2D eigenvalue weighted by Gasteiger charge is 2.48. The van der Waals surface area contributed by atoms with Crippen LogP contribution in [0.15, 0.2) is 43.2 Å². The third-order valence-corrected chi connectivity index (χ3v) is 7.64. The molecular weight excluding hydrogens is 497 g/mol. The van der Waals surface area contributed by atoms with Gasteiger partial charge in [-0.1, -0.05) is 0 Å². The maximum Gasteiger partial charge on any atom is 0.259 e. The monoisotopic (exact) mass is 520 g/mol. The Bertz CT molecular complexity index is 1540. The Kier molecular flexibility index (Phi) is 5.87. The van der Waals surface area contributed by atoms with Crippen molar-refractivity contribution in [3.63, 3.8) is 0 Å². The molecule has 6 heterocycles. The van der Waals surface area contributed by atoms with E-state index in [0.717, 1.165) is 12.4 Å². The maximum atomic E-state index is 14.7. The number of nitrogens with one attached hydrogen (secondary N) is 1. The first-order valence-corrected chi connectivity index (χ1v) is 12.3. The molecule has 1 N–H and O–H groups in total. The van der Waals surface area contributed by atoms with E-state index in [2.05, 4.69) is 31.0 Å². The summed E-state index contributed by atoms with van der Waals surface area (Å²) in [6, 6.07) is 4.19. The van der Waals surface area contributed by atoms with Crippen LogP contribution >= 0.6 is 0 Å². The molecule has 4 aromatic heterocycles. The van der Waals surface area contributed by atoms with E-state index in [4.69, 9.17) is 0 Å². The molecule has 2 aliphatic rings. The van der Waals surface area contributed by atoms with Gasteiger partial charge in [0.15, 0.2) is 11.6 Å². The van der Waals surface area contributed by atoms with Gasteiger partial charge in [0, 0.05) is 61.1 Å². The van der Waals surface area contributed by atoms with Crippen LogP contribution in [-0.4, -0.2) is 72.7 Å². The van der Waals surface area contributed by atoms with Gasteiger partial charge in [-0.3, -0.25) is 19.4 Å². The zero-order valence-electron chi connectivity index (χ0n) is 20.2. The van der Waals surface area contributed by atoms with E-state index in [9.17, 15) is 23.2 Å². The highest BCUT2D eigenvalue weighted by atomic mass is 19.1. The Morgan fingerprint density at radius 3 is 2.55 bits per heavy atom. The number of nitrogens with zero attached hydrogens (tertiary/aromatic N) is 7. The van der Waals surface area contributed by atoms with Crippen molar-refractivity contribution < 1.29 is 18.0 Å². The number of likely N-dealkylation sites (tertiary alicyclic amines) is 2. The minimum absolute atomic E-state index is 0.158. The topological polar surface area (TPSA) is 107 Å². The van der Waals surface area contributed by atoms with Gasteiger partial charge in [-0.15, -0.1) is 0 Å². The van der Waals surface area contributed by atoms with Crippen LogP contribution in [0.3, 0.4) is 0 Å². The Morgan fingerprint density at radius 2 is 1.84 bits per heavy atom. The number of nitriles is 1. The number of halogens is 3. The standard InChI is InChI=1S/C26H23F3N8O/c27-19-10-31-11-20(28)23(19)25(38)35-7-2-17(3-8-35)36-14-26(15-36,4-5-30)37-13-16(9-34-37)22-18-1-6-32-24(18)33-12-21(22)29/h1,6,9-13,17H,2-4,7-8,14-15H2,(H,32,33). The van der Waals surface area contributed by atoms with E-state index in [1.807, 2.05) is 0 Å². The van der Waals surface area contributed by atoms with Gasteiger partial charge in [-0.2, -0.15) is 10.4 Å². The molecule has 9 nitrogen and oxygen atoms in total. The number of aromatic amines is 1. The number of hydrogen-bond acceptors (Lipinski definition) is 6. The molecular formula is C26H23F3N8O. The zero-order chi connectivity index (χ0) is 26.4. The quantitative estimate of drug-likeness (QED) is 0.432. The molecule has 4 aromatic rings. The average Bonchev–Trinajstić information content (AvgIpc) is 3.56. The second-order valence-corrected chi connectivity index (χ2v) is 9.86. The largest absolute Gasteiger partial charge is 0.346 e. The second kappa shape index (κ2) is 9.25. The summed E-state index contributed by atoms with van der Waals surface area (Å²) in [4.78, 5) is 26.9. The Labute approximate surface area is 215 Å². The molecule has 38 heavy (non-hydrogen) atoms. The maximum absolute atomic E-state index is 14.7. The van der Waals surface area contributed by atoms with Crippen LogP contribution in [0.1, 0.15) is 29.6 Å². The van der Waals surface area contributed by atoms with Crippen molar-refractivity contribution in [1.82, 2.24) is 34.5 Å². The number of aromatic nitrogens is 5. The number of fused-ring (bicyclic) bond motifs is 1. The smallest absolute Gasteiger partial charge is 0.259 e. The molecule has 0 aromatic carbocycles. The van der Waals surface area contributed by atoms with Crippen LogP contribution in [0.5, 0.6) is 0 Å². The molecule has 0 unspecified atom stereocenters. The molecule has 1 amide bonds. The average molecular weight is 521 g/mol. The van der Waals surface area contributed by atoms with Crippen LogP contribution in [-0.2, 0) is 5.54 Å². The number of piperidine rings is 1. The molecule has 0 saturated carbocycles. The molecule has 194 valence electrons. The highest BCUT2D eigenvalue weighted by molar-refractivity contribution is 5.95. The minimum atomic E-state index is -0.969. The number of H-pyrrole nitrogens is 1. The van der Waals surface area contributed by atoms with E-state index < -0.39 is 34.5 Å². The van der Waals surface area contributed by atoms with Gasteiger partial charge in [0.1, 0.15) is 22.6 Å². The number of carbonyl (C=O) groups is 1. The van der Waals surface area contributed by atoms with Crippen molar-refractivity contribution in [3.8, 4) is 17.2 Å². The van der Waals surface area contributed by atoms with E-state index in [1.54, 1.807) is 29.3 Å². The summed E-state index contributed by atoms with van der Waals surface area (Å²) in [5.74, 6) is -3.06. The van der Waals surface area contributed by atoms with Crippen LogP contribution in [0, 0.1) is 28.8 Å². The lowest BCUT2D eigenvalue weighted by molar-refractivity contribution is -0.0412. The molecule has 0 spiro atoms. The summed E-state index contributed by atoms with van der Waals surface area (Å²) in [6.07, 6.45) is 9.45. The van der Waals surface area contributed by atoms with Gasteiger partial charge in [0.25, 0.3) is 5.91 Å². The minimum Gasteiger partial charge on any atom is -0.346 e. The number of carbonyl (C=O) groups excluding carboxylic acids is 1. The first-order valence-electron chi connectivity index (χ1n) is 12.3. The summed E-state index contributed by atoms with van der Waals surface area (Å²) in [6.45, 7) is 1.89. The van der Waals surface area contributed by atoms with E-state index in [0.29, 0.717) is 61.2 Å². The number of hydrogen-bond donors (Lipinski definition) is 1. The lowest BCUT2D eigenvalue weighted by Gasteiger charge is -2.53. The van der Waals surface area contributed by atoms with E-state index in [-0.39, 0.29) is 12.5 Å². The van der Waals surface area contributed by atoms with Crippen molar-refractivity contribution in [1.29, 1.82) is 5.26 Å². The predicted octanol–water partition coefficient (Wildman–Crippen LogP) is 3.47. The summed E-state index contributed by atoms with van der Waals surface area (Å²) < 4.78 is 44.5. The van der Waals surface area contributed by atoms with Gasteiger partial charge in [-0.05, 0) is 18.9 Å². The zero-order valence-corrected chi connectivity index (χ0v) is 20.2. The van der Waals surface area contributed by atoms with Gasteiger partial charge in [0.2, 0.25) is 0 Å². The van der Waals surface area contributed by atoms with Gasteiger partial charge in [0.05, 0.1) is 37.3 Å². The predicted molar refractivity (Wildman–Crippen MR) is 130 cm³/mol. The summed E-state index contributed by atoms with van der Waals surface area (Å²) in [7, 11) is 0. The molecule has 0 radical (unpaired) electrons. The Hall–Kier alpha value is -4.24. The normalized spacial score (nSPS) is 17.9. The molecule has 0 atom stereocenters. The first-order chi connectivity index (χ1) is 18.4. The molecule has 0 aliphatic carbocycles. The first kappa shape index (κ1) is 24.1. The van der Waals surface area contributed by atoms with Crippen LogP contribution < -0.4 is 0 Å². The van der Waals surface area contributed by atoms with Gasteiger partial charge < -0.3 is 9.88 Å². The molecule has 12 heteroatoms. The summed E-state index contributed by atoms with van der Waals surface area (Å²) in [5.41, 5.74) is 0.462. The highest BCUT2D eigenvalue weighted by Crippen LogP contribution is 2.38. The Morgan fingerprint density at radius 1 is 1.11 bits per heavy atom. The number of rotatable bonds is 5. The van der Waals surface area contributed by atoms with Crippen molar-refractivity contribution in [2.45, 2.75) is 30.8 Å². The van der Waals surface area contributed by atoms with Crippen LogP contribution in [0.4, 0.5) is 13.2 Å². The Balaban J connectivity index is 1.15. The van der Waals surface area contributed by atoms with Crippen LogP contribution in [0.25, 0.3) is 22.2 Å². The van der Waals surface area contributed by atoms with Crippen molar-refractivity contribution >= 4 is 16.9 Å². The van der Waals surface area contributed by atoms with E-state index >= 15 is 0 Å². The SMILES string of the molecule is N#CCC1(n2cc(-c3c(F)cnc4[nH]ccc34)cn2)CN(C2CCN(C(=O)c3c(F)cncc3F)CC2)C1. The third kappa shape index (κ3) is 3.90. The van der Waals surface area contributed by atoms with Gasteiger partial charge >= 0.3 is 0 Å². The lowest BCUT2D eigenvalue weighted by Crippen LogP contribution is -2.66. The number of pyridine rings is 2. The van der Waals surface area contributed by atoms with Crippen molar-refractivity contribution in [3.05, 3.63) is 66.3 Å². The fraction of sp³-hybridized carbons (Fsp3) is 0.346. The second-order valence-electron chi connectivity index (χ2n) is 9.86. The molecule has 6 rings (SSSR count). The number of amides is 1. The fourth-order valence-electron chi connectivity index (χ4n) is 5.65.